The molecule has 2 aromatic carbocycles. The molecule has 0 amide bonds. The monoisotopic (exact) mass is 381 g/mol. The molecule has 0 aliphatic rings. The third-order valence-electron chi connectivity index (χ3n) is 4.15. The summed E-state index contributed by atoms with van der Waals surface area (Å²) in [4.78, 5) is 28.9. The zero-order chi connectivity index (χ0) is 20.1. The van der Waals surface area contributed by atoms with Crippen LogP contribution in [-0.2, 0) is 16.1 Å². The lowest BCUT2D eigenvalue weighted by molar-refractivity contribution is 0.0552. The van der Waals surface area contributed by atoms with E-state index >= 15 is 0 Å². The van der Waals surface area contributed by atoms with E-state index in [2.05, 4.69) is 4.98 Å². The Balaban J connectivity index is 2.07. The fourth-order valence-corrected chi connectivity index (χ4v) is 2.82. The van der Waals surface area contributed by atoms with Crippen molar-refractivity contribution < 1.29 is 28.5 Å². The van der Waals surface area contributed by atoms with Crippen molar-refractivity contribution in [2.45, 2.75) is 6.61 Å². The van der Waals surface area contributed by atoms with E-state index in [0.717, 1.165) is 5.56 Å². The maximum absolute atomic E-state index is 12.2. The molecule has 0 aliphatic heterocycles. The molecule has 3 aromatic rings. The largest absolute Gasteiger partial charge is 0.495 e. The van der Waals surface area contributed by atoms with Crippen molar-refractivity contribution in [2.75, 3.05) is 21.3 Å². The van der Waals surface area contributed by atoms with Crippen molar-refractivity contribution in [3.8, 4) is 11.6 Å². The van der Waals surface area contributed by atoms with Crippen molar-refractivity contribution in [1.82, 2.24) is 4.98 Å². The van der Waals surface area contributed by atoms with Crippen LogP contribution in [0.3, 0.4) is 0 Å². The number of pyridine rings is 1. The maximum Gasteiger partial charge on any atom is 0.342 e. The zero-order valence-corrected chi connectivity index (χ0v) is 15.7. The van der Waals surface area contributed by atoms with E-state index in [9.17, 15) is 9.59 Å². The van der Waals surface area contributed by atoms with E-state index < -0.39 is 11.9 Å². The third kappa shape index (κ3) is 3.73. The fraction of sp³-hybridized carbons (Fsp3) is 0.190. The summed E-state index contributed by atoms with van der Waals surface area (Å²) in [5.41, 5.74) is 1.42. The smallest absolute Gasteiger partial charge is 0.342 e. The third-order valence-corrected chi connectivity index (χ3v) is 4.15. The van der Waals surface area contributed by atoms with E-state index in [-0.39, 0.29) is 16.9 Å². The lowest BCUT2D eigenvalue weighted by Crippen LogP contribution is -2.14. The van der Waals surface area contributed by atoms with Gasteiger partial charge in [0, 0.05) is 11.5 Å². The summed E-state index contributed by atoms with van der Waals surface area (Å²) in [6, 6.07) is 14.5. The highest BCUT2D eigenvalue weighted by molar-refractivity contribution is 6.10. The Morgan fingerprint density at radius 2 is 1.64 bits per heavy atom. The van der Waals surface area contributed by atoms with Gasteiger partial charge in [-0.2, -0.15) is 0 Å². The molecule has 0 radical (unpaired) electrons. The van der Waals surface area contributed by atoms with Crippen LogP contribution in [0, 0.1) is 0 Å². The van der Waals surface area contributed by atoms with E-state index in [1.807, 2.05) is 30.3 Å². The van der Waals surface area contributed by atoms with Gasteiger partial charge in [-0.3, -0.25) is 0 Å². The Morgan fingerprint density at radius 3 is 2.29 bits per heavy atom. The average molecular weight is 381 g/mol. The molecular formula is C21H19NO6. The number of fused-ring (bicyclic) bond motifs is 1. The first-order valence-electron chi connectivity index (χ1n) is 8.44. The quantitative estimate of drug-likeness (QED) is 0.605. The molecule has 7 heteroatoms. The van der Waals surface area contributed by atoms with Gasteiger partial charge in [0.2, 0.25) is 5.88 Å². The number of hydrogen-bond donors (Lipinski definition) is 0. The lowest BCUT2D eigenvalue weighted by Gasteiger charge is -2.14. The average Bonchev–Trinajstić information content (AvgIpc) is 2.75. The predicted octanol–water partition coefficient (Wildman–Crippen LogP) is 3.40. The summed E-state index contributed by atoms with van der Waals surface area (Å²) in [6.45, 7) is 0.348. The van der Waals surface area contributed by atoms with Crippen molar-refractivity contribution in [3.05, 3.63) is 65.2 Å². The van der Waals surface area contributed by atoms with Crippen LogP contribution in [0.1, 0.15) is 26.3 Å². The minimum absolute atomic E-state index is 0.00593. The number of ether oxygens (including phenoxy) is 4. The van der Waals surface area contributed by atoms with E-state index in [1.54, 1.807) is 12.1 Å². The number of carbonyl (C=O) groups is 2. The molecule has 1 heterocycles. The molecule has 0 aliphatic carbocycles. The van der Waals surface area contributed by atoms with Crippen molar-refractivity contribution in [1.29, 1.82) is 0 Å². The van der Waals surface area contributed by atoms with E-state index in [1.165, 1.54) is 27.4 Å². The van der Waals surface area contributed by atoms with Gasteiger partial charge in [0.1, 0.15) is 17.9 Å². The predicted molar refractivity (Wildman–Crippen MR) is 102 cm³/mol. The van der Waals surface area contributed by atoms with Gasteiger partial charge in [0.15, 0.2) is 0 Å². The van der Waals surface area contributed by atoms with E-state index in [0.29, 0.717) is 23.4 Å². The van der Waals surface area contributed by atoms with Gasteiger partial charge < -0.3 is 18.9 Å². The number of rotatable bonds is 6. The topological polar surface area (TPSA) is 84.0 Å². The highest BCUT2D eigenvalue weighted by Crippen LogP contribution is 2.34. The van der Waals surface area contributed by atoms with Crippen LogP contribution >= 0.6 is 0 Å². The van der Waals surface area contributed by atoms with Crippen LogP contribution < -0.4 is 9.47 Å². The molecule has 0 bridgehead atoms. The lowest BCUT2D eigenvalue weighted by atomic mass is 10.0. The van der Waals surface area contributed by atoms with Gasteiger partial charge in [-0.15, -0.1) is 0 Å². The molecule has 0 saturated carbocycles. The molecule has 0 N–H and O–H groups in total. The molecule has 0 fully saturated rings. The standard InChI is InChI=1S/C21H19NO6/c1-25-19-14-9-10-17(28-12-13-7-5-4-6-8-13)22-16(14)11-15(20(23)26-2)18(19)21(24)27-3/h4-11H,12H2,1-3H3. The Kier molecular flexibility index (Phi) is 5.74. The summed E-state index contributed by atoms with van der Waals surface area (Å²) in [7, 11) is 3.86. The first-order valence-corrected chi connectivity index (χ1v) is 8.44. The molecule has 0 spiro atoms. The van der Waals surface area contributed by atoms with Crippen LogP contribution in [0.5, 0.6) is 11.6 Å². The van der Waals surface area contributed by atoms with Crippen LogP contribution in [0.4, 0.5) is 0 Å². The normalized spacial score (nSPS) is 10.4. The SMILES string of the molecule is COC(=O)c1cc2nc(OCc3ccccc3)ccc2c(OC)c1C(=O)OC. The number of esters is 2. The number of methoxy groups -OCH3 is 3. The summed E-state index contributed by atoms with van der Waals surface area (Å²) < 4.78 is 20.7. The van der Waals surface area contributed by atoms with Gasteiger partial charge in [0.05, 0.1) is 32.4 Å². The van der Waals surface area contributed by atoms with Gasteiger partial charge in [-0.1, -0.05) is 30.3 Å². The molecule has 144 valence electrons. The van der Waals surface area contributed by atoms with Crippen LogP contribution in [0.15, 0.2) is 48.5 Å². The fourth-order valence-electron chi connectivity index (χ4n) is 2.82. The first kappa shape index (κ1) is 19.2. The van der Waals surface area contributed by atoms with E-state index in [4.69, 9.17) is 18.9 Å². The number of hydrogen-bond acceptors (Lipinski definition) is 7. The molecular weight excluding hydrogens is 362 g/mol. The highest BCUT2D eigenvalue weighted by atomic mass is 16.5. The Morgan fingerprint density at radius 1 is 0.929 bits per heavy atom. The number of nitrogens with zero attached hydrogens (tertiary/aromatic N) is 1. The molecule has 0 atom stereocenters. The second kappa shape index (κ2) is 8.39. The minimum atomic E-state index is -0.705. The number of aromatic nitrogens is 1. The van der Waals surface area contributed by atoms with Crippen LogP contribution in [0.25, 0.3) is 10.9 Å². The second-order valence-corrected chi connectivity index (χ2v) is 5.81. The maximum atomic E-state index is 12.2. The molecule has 28 heavy (non-hydrogen) atoms. The van der Waals surface area contributed by atoms with Gasteiger partial charge in [0.25, 0.3) is 0 Å². The molecule has 0 unspecified atom stereocenters. The molecule has 7 nitrogen and oxygen atoms in total. The molecule has 3 rings (SSSR count). The van der Waals surface area contributed by atoms with Crippen LogP contribution in [0.2, 0.25) is 0 Å². The van der Waals surface area contributed by atoms with Gasteiger partial charge >= 0.3 is 11.9 Å². The summed E-state index contributed by atoms with van der Waals surface area (Å²) in [5.74, 6) is -0.839. The molecule has 1 aromatic heterocycles. The van der Waals surface area contributed by atoms with Crippen molar-refractivity contribution in [2.24, 2.45) is 0 Å². The minimum Gasteiger partial charge on any atom is -0.495 e. The summed E-state index contributed by atoms with van der Waals surface area (Å²) >= 11 is 0. The van der Waals surface area contributed by atoms with Crippen molar-refractivity contribution >= 4 is 22.8 Å². The summed E-state index contributed by atoms with van der Waals surface area (Å²) in [5, 5.41) is 0.544. The zero-order valence-electron chi connectivity index (χ0n) is 15.7. The Hall–Kier alpha value is -3.61. The van der Waals surface area contributed by atoms with Gasteiger partial charge in [-0.05, 0) is 17.7 Å². The number of carbonyl (C=O) groups excluding carboxylic acids is 2. The highest BCUT2D eigenvalue weighted by Gasteiger charge is 2.26. The van der Waals surface area contributed by atoms with Gasteiger partial charge in [-0.25, -0.2) is 14.6 Å². The number of benzene rings is 2. The summed E-state index contributed by atoms with van der Waals surface area (Å²) in [6.07, 6.45) is 0. The second-order valence-electron chi connectivity index (χ2n) is 5.81. The molecule has 0 saturated heterocycles. The Labute approximate surface area is 161 Å². The van der Waals surface area contributed by atoms with Crippen LogP contribution in [-0.4, -0.2) is 38.3 Å². The first-order chi connectivity index (χ1) is 13.6. The van der Waals surface area contributed by atoms with Crippen molar-refractivity contribution in [3.63, 3.8) is 0 Å². The Bertz CT molecular complexity index is 1020.